The van der Waals surface area contributed by atoms with Crippen LogP contribution in [0.3, 0.4) is 0 Å². The number of ether oxygens (including phenoxy) is 1. The fourth-order valence-electron chi connectivity index (χ4n) is 2.50. The fraction of sp³-hybridized carbons (Fsp3) is 1.00. The fourth-order valence-corrected chi connectivity index (χ4v) is 4.39. The minimum absolute atomic E-state index is 0.111. The van der Waals surface area contributed by atoms with Crippen molar-refractivity contribution in [3.63, 3.8) is 0 Å². The molecule has 0 bridgehead atoms. The van der Waals surface area contributed by atoms with Crippen LogP contribution in [0.15, 0.2) is 0 Å². The molecule has 0 aliphatic carbocycles. The van der Waals surface area contributed by atoms with Gasteiger partial charge in [0, 0.05) is 32.2 Å². The van der Waals surface area contributed by atoms with Gasteiger partial charge < -0.3 is 10.5 Å². The molecular formula is C11H23N3O3S. The van der Waals surface area contributed by atoms with Crippen molar-refractivity contribution in [2.24, 2.45) is 5.73 Å². The number of hydrogen-bond donors (Lipinski definition) is 1. The largest absolute Gasteiger partial charge is 0.374 e. The van der Waals surface area contributed by atoms with E-state index in [0.29, 0.717) is 32.8 Å². The first kappa shape index (κ1) is 14.2. The van der Waals surface area contributed by atoms with Crippen LogP contribution in [-0.4, -0.2) is 62.0 Å². The second-order valence-corrected chi connectivity index (χ2v) is 6.96. The molecule has 2 atom stereocenters. The van der Waals surface area contributed by atoms with Gasteiger partial charge >= 0.3 is 0 Å². The van der Waals surface area contributed by atoms with Gasteiger partial charge in [0.25, 0.3) is 10.2 Å². The summed E-state index contributed by atoms with van der Waals surface area (Å²) in [6.07, 6.45) is 2.85. The van der Waals surface area contributed by atoms with Crippen LogP contribution >= 0.6 is 0 Å². The highest BCUT2D eigenvalue weighted by atomic mass is 32.2. The van der Waals surface area contributed by atoms with Gasteiger partial charge in [-0.2, -0.15) is 17.0 Å². The summed E-state index contributed by atoms with van der Waals surface area (Å²) < 4.78 is 33.8. The average molecular weight is 277 g/mol. The molecule has 0 spiro atoms. The number of morpholine rings is 1. The normalized spacial score (nSPS) is 32.6. The zero-order chi connectivity index (χ0) is 13.2. The van der Waals surface area contributed by atoms with Crippen molar-refractivity contribution in [1.29, 1.82) is 0 Å². The third kappa shape index (κ3) is 2.85. The third-order valence-corrected chi connectivity index (χ3v) is 5.77. The summed E-state index contributed by atoms with van der Waals surface area (Å²) in [6.45, 7) is 4.32. The Hall–Kier alpha value is -0.210. The number of rotatable bonds is 3. The topological polar surface area (TPSA) is 75.9 Å². The summed E-state index contributed by atoms with van der Waals surface area (Å²) in [7, 11) is -3.35. The molecule has 0 aromatic heterocycles. The Balaban J connectivity index is 2.11. The summed E-state index contributed by atoms with van der Waals surface area (Å²) >= 11 is 0. The molecule has 2 unspecified atom stereocenters. The molecule has 2 N–H and O–H groups in total. The lowest BCUT2D eigenvalue weighted by atomic mass is 10.2. The standard InChI is InChI=1S/C11H23N3O3S/c1-10-9-17-11(7-12)8-14(10)18(15,16)13-5-3-2-4-6-13/h10-11H,2-9,12H2,1H3. The molecule has 2 aliphatic heterocycles. The van der Waals surface area contributed by atoms with E-state index >= 15 is 0 Å². The zero-order valence-electron chi connectivity index (χ0n) is 10.9. The summed E-state index contributed by atoms with van der Waals surface area (Å²) in [6, 6.07) is -0.111. The predicted octanol–water partition coefficient (Wildman–Crippen LogP) is -0.235. The lowest BCUT2D eigenvalue weighted by molar-refractivity contribution is -0.0240. The average Bonchev–Trinajstić information content (AvgIpc) is 2.40. The molecule has 0 radical (unpaired) electrons. The van der Waals surface area contributed by atoms with Crippen molar-refractivity contribution >= 4 is 10.2 Å². The maximum absolute atomic E-state index is 12.6. The minimum Gasteiger partial charge on any atom is -0.374 e. The van der Waals surface area contributed by atoms with Gasteiger partial charge in [-0.3, -0.25) is 0 Å². The molecule has 2 saturated heterocycles. The van der Waals surface area contributed by atoms with Crippen molar-refractivity contribution in [2.75, 3.05) is 32.8 Å². The van der Waals surface area contributed by atoms with Crippen LogP contribution in [0.25, 0.3) is 0 Å². The Kier molecular flexibility index (Phi) is 4.60. The molecule has 2 heterocycles. The molecule has 0 aromatic rings. The van der Waals surface area contributed by atoms with Crippen LogP contribution in [-0.2, 0) is 14.9 Å². The Labute approximate surface area is 109 Å². The van der Waals surface area contributed by atoms with Crippen molar-refractivity contribution < 1.29 is 13.2 Å². The zero-order valence-corrected chi connectivity index (χ0v) is 11.7. The van der Waals surface area contributed by atoms with Gasteiger partial charge in [-0.25, -0.2) is 0 Å². The highest BCUT2D eigenvalue weighted by molar-refractivity contribution is 7.86. The van der Waals surface area contributed by atoms with Gasteiger partial charge in [0.1, 0.15) is 0 Å². The smallest absolute Gasteiger partial charge is 0.282 e. The quantitative estimate of drug-likeness (QED) is 0.773. The van der Waals surface area contributed by atoms with E-state index in [1.165, 1.54) is 0 Å². The molecule has 2 fully saturated rings. The van der Waals surface area contributed by atoms with E-state index in [1.54, 1.807) is 8.61 Å². The molecule has 106 valence electrons. The Morgan fingerprint density at radius 3 is 2.56 bits per heavy atom. The first-order valence-corrected chi connectivity index (χ1v) is 8.04. The van der Waals surface area contributed by atoms with Crippen molar-refractivity contribution in [3.05, 3.63) is 0 Å². The second kappa shape index (κ2) is 5.83. The SMILES string of the molecule is CC1COC(CN)CN1S(=O)(=O)N1CCCCC1. The Bertz CT molecular complexity index is 368. The first-order valence-electron chi connectivity index (χ1n) is 6.64. The summed E-state index contributed by atoms with van der Waals surface area (Å²) in [4.78, 5) is 0. The monoisotopic (exact) mass is 277 g/mol. The van der Waals surface area contributed by atoms with Crippen LogP contribution in [0, 0.1) is 0 Å². The molecular weight excluding hydrogens is 254 g/mol. The van der Waals surface area contributed by atoms with Crippen LogP contribution in [0.2, 0.25) is 0 Å². The molecule has 0 aromatic carbocycles. The molecule has 2 rings (SSSR count). The van der Waals surface area contributed by atoms with E-state index in [9.17, 15) is 8.42 Å². The van der Waals surface area contributed by atoms with E-state index in [-0.39, 0.29) is 12.1 Å². The maximum atomic E-state index is 12.6. The first-order chi connectivity index (χ1) is 8.55. The molecule has 7 heteroatoms. The van der Waals surface area contributed by atoms with Crippen LogP contribution < -0.4 is 5.73 Å². The van der Waals surface area contributed by atoms with Gasteiger partial charge in [0.05, 0.1) is 12.7 Å². The Morgan fingerprint density at radius 2 is 1.94 bits per heavy atom. The Morgan fingerprint density at radius 1 is 1.28 bits per heavy atom. The predicted molar refractivity (Wildman–Crippen MR) is 69.3 cm³/mol. The molecule has 18 heavy (non-hydrogen) atoms. The summed E-state index contributed by atoms with van der Waals surface area (Å²) in [5.74, 6) is 0. The van der Waals surface area contributed by atoms with E-state index in [2.05, 4.69) is 0 Å². The number of nitrogens with two attached hydrogens (primary N) is 1. The molecule has 0 amide bonds. The van der Waals surface area contributed by atoms with Gasteiger partial charge in [-0.05, 0) is 19.8 Å². The van der Waals surface area contributed by atoms with Gasteiger partial charge in [0.2, 0.25) is 0 Å². The van der Waals surface area contributed by atoms with Crippen molar-refractivity contribution in [1.82, 2.24) is 8.61 Å². The lowest BCUT2D eigenvalue weighted by Crippen LogP contribution is -2.57. The molecule has 2 aliphatic rings. The van der Waals surface area contributed by atoms with Crippen LogP contribution in [0.4, 0.5) is 0 Å². The van der Waals surface area contributed by atoms with Gasteiger partial charge in [0.15, 0.2) is 0 Å². The third-order valence-electron chi connectivity index (χ3n) is 3.65. The van der Waals surface area contributed by atoms with Gasteiger partial charge in [-0.15, -0.1) is 0 Å². The highest BCUT2D eigenvalue weighted by Gasteiger charge is 2.38. The van der Waals surface area contributed by atoms with E-state index in [0.717, 1.165) is 19.3 Å². The summed E-state index contributed by atoms with van der Waals surface area (Å²) in [5, 5.41) is 0. The molecule has 6 nitrogen and oxygen atoms in total. The van der Waals surface area contributed by atoms with Crippen molar-refractivity contribution in [2.45, 2.75) is 38.3 Å². The van der Waals surface area contributed by atoms with E-state index in [4.69, 9.17) is 10.5 Å². The van der Waals surface area contributed by atoms with Crippen LogP contribution in [0.1, 0.15) is 26.2 Å². The minimum atomic E-state index is -3.35. The summed E-state index contributed by atoms with van der Waals surface area (Å²) in [5.41, 5.74) is 5.57. The van der Waals surface area contributed by atoms with Gasteiger partial charge in [-0.1, -0.05) is 6.42 Å². The lowest BCUT2D eigenvalue weighted by Gasteiger charge is -2.40. The highest BCUT2D eigenvalue weighted by Crippen LogP contribution is 2.21. The van der Waals surface area contributed by atoms with Crippen molar-refractivity contribution in [3.8, 4) is 0 Å². The van der Waals surface area contributed by atoms with E-state index in [1.807, 2.05) is 6.92 Å². The second-order valence-electron chi connectivity index (χ2n) is 5.08. The van der Waals surface area contributed by atoms with E-state index < -0.39 is 10.2 Å². The number of nitrogens with zero attached hydrogens (tertiary/aromatic N) is 2. The van der Waals surface area contributed by atoms with Crippen LogP contribution in [0.5, 0.6) is 0 Å². The number of hydrogen-bond acceptors (Lipinski definition) is 4. The number of piperidine rings is 1. The molecule has 0 saturated carbocycles. The maximum Gasteiger partial charge on any atom is 0.282 e.